The lowest BCUT2D eigenvalue weighted by molar-refractivity contribution is -0.122. The molecule has 0 unspecified atom stereocenters. The van der Waals surface area contributed by atoms with Gasteiger partial charge in [-0.15, -0.1) is 11.3 Å². The molecule has 4 aromatic rings. The molecule has 1 aliphatic carbocycles. The average molecular weight is 609 g/mol. The van der Waals surface area contributed by atoms with E-state index in [1.54, 1.807) is 35.6 Å². The Morgan fingerprint density at radius 2 is 1.80 bits per heavy atom. The van der Waals surface area contributed by atoms with Crippen molar-refractivity contribution in [2.75, 3.05) is 16.8 Å². The molecule has 0 radical (unpaired) electrons. The van der Waals surface area contributed by atoms with Crippen LogP contribution >= 0.6 is 11.3 Å². The van der Waals surface area contributed by atoms with Crippen molar-refractivity contribution in [2.24, 2.45) is 0 Å². The Morgan fingerprint density at radius 3 is 2.57 bits per heavy atom. The number of para-hydroxylation sites is 1. The first-order valence-electron chi connectivity index (χ1n) is 14.6. The fourth-order valence-electron chi connectivity index (χ4n) is 5.83. The zero-order valence-electron chi connectivity index (χ0n) is 24.7. The number of urea groups is 1. The highest BCUT2D eigenvalue weighted by molar-refractivity contribution is 7.15. The maximum absolute atomic E-state index is 13.8. The number of carbonyl (C=O) groups is 4. The largest absolute Gasteiger partial charge is 0.494 e. The molecule has 2 aliphatic rings. The number of benzene rings is 2. The number of hydrogen-bond donors (Lipinski definition) is 2. The van der Waals surface area contributed by atoms with Crippen molar-refractivity contribution in [3.05, 3.63) is 99.2 Å². The minimum Gasteiger partial charge on any atom is -0.494 e. The number of aromatic nitrogens is 1. The summed E-state index contributed by atoms with van der Waals surface area (Å²) in [7, 11) is 0. The summed E-state index contributed by atoms with van der Waals surface area (Å²) in [6, 6.07) is 17.1. The summed E-state index contributed by atoms with van der Waals surface area (Å²) in [5.41, 5.74) is 4.85. The smallest absolute Gasteiger partial charge is 0.335 e. The van der Waals surface area contributed by atoms with Crippen LogP contribution in [0, 0.1) is 13.8 Å². The summed E-state index contributed by atoms with van der Waals surface area (Å²) in [5, 5.41) is 6.17. The molecule has 1 saturated heterocycles. The third-order valence-electron chi connectivity index (χ3n) is 7.87. The molecule has 224 valence electrons. The number of amides is 5. The van der Waals surface area contributed by atoms with Crippen LogP contribution in [0.3, 0.4) is 0 Å². The van der Waals surface area contributed by atoms with Crippen LogP contribution < -0.4 is 20.3 Å². The number of anilines is 2. The highest BCUT2D eigenvalue weighted by Gasteiger charge is 2.37. The van der Waals surface area contributed by atoms with Gasteiger partial charge < -0.3 is 14.6 Å². The van der Waals surface area contributed by atoms with Crippen molar-refractivity contribution in [1.29, 1.82) is 0 Å². The monoisotopic (exact) mass is 608 g/mol. The molecule has 2 aromatic carbocycles. The number of ether oxygens (including phenoxy) is 1. The Balaban J connectivity index is 1.40. The fraction of sp³-hybridized carbons (Fsp3) is 0.235. The number of rotatable bonds is 7. The van der Waals surface area contributed by atoms with Crippen molar-refractivity contribution >= 4 is 52.5 Å². The molecule has 9 nitrogen and oxygen atoms in total. The summed E-state index contributed by atoms with van der Waals surface area (Å²) >= 11 is 1.62. The molecule has 0 bridgehead atoms. The summed E-state index contributed by atoms with van der Waals surface area (Å²) in [6.07, 6.45) is 5.37. The van der Waals surface area contributed by atoms with E-state index in [4.69, 9.17) is 4.74 Å². The van der Waals surface area contributed by atoms with Gasteiger partial charge in [0.25, 0.3) is 17.7 Å². The number of nitrogens with one attached hydrogen (secondary N) is 2. The molecular formula is C34H32N4O5S. The molecule has 10 heteroatoms. The number of barbiturate groups is 1. The summed E-state index contributed by atoms with van der Waals surface area (Å²) < 4.78 is 7.56. The molecular weight excluding hydrogens is 576 g/mol. The molecule has 5 amide bonds. The Bertz CT molecular complexity index is 1840. The standard InChI is InChI=1S/C34H32N4O5S/c1-4-43-25-14-10-13-24(19-25)38-32(41)27(30(39)36-34(38)42)18-22-17-20(2)37(21(22)3)33-29(26-15-8-9-16-28(26)44-33)31(40)35-23-11-6-5-7-12-23/h5-7,10-14,17-19H,4,8-9,15-16H2,1-3H3,(H,35,40)(H,36,39,42)/b27-18+. The SMILES string of the molecule is CCOc1cccc(N2C(=O)NC(=O)/C(=C\c3cc(C)n(-c4sc5c(c4C(=O)Nc4ccccc4)CCCC5)c3C)C2=O)c1. The van der Waals surface area contributed by atoms with Crippen molar-refractivity contribution in [3.8, 4) is 10.8 Å². The van der Waals surface area contributed by atoms with E-state index < -0.39 is 17.8 Å². The van der Waals surface area contributed by atoms with Crippen LogP contribution in [0.1, 0.15) is 57.5 Å². The maximum Gasteiger partial charge on any atom is 0.335 e. The van der Waals surface area contributed by atoms with Gasteiger partial charge in [-0.25, -0.2) is 9.69 Å². The lowest BCUT2D eigenvalue weighted by Crippen LogP contribution is -2.54. The third kappa shape index (κ3) is 5.33. The second-order valence-electron chi connectivity index (χ2n) is 10.8. The lowest BCUT2D eigenvalue weighted by atomic mass is 9.95. The van der Waals surface area contributed by atoms with Crippen molar-refractivity contribution < 1.29 is 23.9 Å². The van der Waals surface area contributed by atoms with E-state index in [-0.39, 0.29) is 11.5 Å². The van der Waals surface area contributed by atoms with Gasteiger partial charge in [-0.1, -0.05) is 24.3 Å². The first-order chi connectivity index (χ1) is 21.3. The van der Waals surface area contributed by atoms with E-state index in [0.29, 0.717) is 29.2 Å². The molecule has 2 N–H and O–H groups in total. The Kier molecular flexibility index (Phi) is 7.92. The van der Waals surface area contributed by atoms with Gasteiger partial charge in [-0.05, 0) is 94.0 Å². The van der Waals surface area contributed by atoms with Crippen molar-refractivity contribution in [1.82, 2.24) is 9.88 Å². The lowest BCUT2D eigenvalue weighted by Gasteiger charge is -2.26. The highest BCUT2D eigenvalue weighted by Crippen LogP contribution is 2.39. The third-order valence-corrected chi connectivity index (χ3v) is 9.15. The number of aryl methyl sites for hydroxylation is 2. The number of thiophene rings is 1. The van der Waals surface area contributed by atoms with Gasteiger partial charge in [-0.2, -0.15) is 0 Å². The first-order valence-corrected chi connectivity index (χ1v) is 15.4. The maximum atomic E-state index is 13.8. The normalized spacial score (nSPS) is 15.8. The van der Waals surface area contributed by atoms with Gasteiger partial charge in [0.2, 0.25) is 0 Å². The van der Waals surface area contributed by atoms with E-state index in [2.05, 4.69) is 10.6 Å². The van der Waals surface area contributed by atoms with Crippen LogP contribution in [0.15, 0.2) is 66.2 Å². The Morgan fingerprint density at radius 1 is 1.02 bits per heavy atom. The highest BCUT2D eigenvalue weighted by atomic mass is 32.1. The Hall–Kier alpha value is -4.96. The fourth-order valence-corrected chi connectivity index (χ4v) is 7.33. The summed E-state index contributed by atoms with van der Waals surface area (Å²) in [6.45, 7) is 6.10. The minimum absolute atomic E-state index is 0.164. The number of hydrogen-bond acceptors (Lipinski definition) is 6. The second-order valence-corrected chi connectivity index (χ2v) is 11.8. The molecule has 44 heavy (non-hydrogen) atoms. The zero-order chi connectivity index (χ0) is 31.0. The predicted octanol–water partition coefficient (Wildman–Crippen LogP) is 6.35. The van der Waals surface area contributed by atoms with Gasteiger partial charge in [0, 0.05) is 28.0 Å². The van der Waals surface area contributed by atoms with Crippen molar-refractivity contribution in [3.63, 3.8) is 0 Å². The van der Waals surface area contributed by atoms with E-state index in [9.17, 15) is 19.2 Å². The first kappa shape index (κ1) is 29.1. The van der Waals surface area contributed by atoms with Crippen LogP contribution in [0.25, 0.3) is 11.1 Å². The predicted molar refractivity (Wildman–Crippen MR) is 171 cm³/mol. The molecule has 3 heterocycles. The molecule has 6 rings (SSSR count). The van der Waals surface area contributed by atoms with E-state index in [1.165, 1.54) is 11.0 Å². The van der Waals surface area contributed by atoms with E-state index in [1.807, 2.05) is 61.7 Å². The van der Waals surface area contributed by atoms with Crippen LogP contribution in [0.2, 0.25) is 0 Å². The molecule has 0 saturated carbocycles. The molecule has 1 fully saturated rings. The van der Waals surface area contributed by atoms with Crippen LogP contribution in [-0.2, 0) is 22.4 Å². The molecule has 1 aliphatic heterocycles. The topological polar surface area (TPSA) is 110 Å². The van der Waals surface area contributed by atoms with Crippen LogP contribution in [0.4, 0.5) is 16.2 Å². The van der Waals surface area contributed by atoms with E-state index in [0.717, 1.165) is 58.2 Å². The molecule has 0 atom stereocenters. The Labute approximate surface area is 259 Å². The number of carbonyl (C=O) groups excluding carboxylic acids is 4. The van der Waals surface area contributed by atoms with Gasteiger partial charge >= 0.3 is 6.03 Å². The minimum atomic E-state index is -0.825. The molecule has 0 spiro atoms. The molecule has 2 aromatic heterocycles. The van der Waals surface area contributed by atoms with Crippen LogP contribution in [-0.4, -0.2) is 34.9 Å². The van der Waals surface area contributed by atoms with Gasteiger partial charge in [0.1, 0.15) is 16.3 Å². The zero-order valence-corrected chi connectivity index (χ0v) is 25.5. The number of fused-ring (bicyclic) bond motifs is 1. The van der Waals surface area contributed by atoms with E-state index >= 15 is 0 Å². The average Bonchev–Trinajstić information content (AvgIpc) is 3.51. The van der Waals surface area contributed by atoms with Gasteiger partial charge in [0.05, 0.1) is 17.9 Å². The van der Waals surface area contributed by atoms with Crippen LogP contribution in [0.5, 0.6) is 5.75 Å². The summed E-state index contributed by atoms with van der Waals surface area (Å²) in [5.74, 6) is -1.16. The second kappa shape index (κ2) is 12.0. The number of nitrogens with zero attached hydrogens (tertiary/aromatic N) is 2. The summed E-state index contributed by atoms with van der Waals surface area (Å²) in [4.78, 5) is 55.3. The quantitative estimate of drug-likeness (QED) is 0.188. The number of imide groups is 2. The van der Waals surface area contributed by atoms with Gasteiger partial charge in [0.15, 0.2) is 0 Å². The van der Waals surface area contributed by atoms with Crippen molar-refractivity contribution in [2.45, 2.75) is 46.5 Å². The van der Waals surface area contributed by atoms with Gasteiger partial charge in [-0.3, -0.25) is 19.7 Å².